The van der Waals surface area contributed by atoms with Gasteiger partial charge in [0.05, 0.1) is 40.8 Å². The van der Waals surface area contributed by atoms with Crippen molar-refractivity contribution >= 4 is 51.4 Å². The van der Waals surface area contributed by atoms with Crippen LogP contribution in [0.2, 0.25) is 10.0 Å². The van der Waals surface area contributed by atoms with Gasteiger partial charge in [-0.3, -0.25) is 10.1 Å². The Labute approximate surface area is 200 Å². The van der Waals surface area contributed by atoms with Crippen LogP contribution in [0.25, 0.3) is 22.1 Å². The Kier molecular flexibility index (Phi) is 6.27. The molecule has 4 aromatic rings. The maximum Gasteiger partial charge on any atom is 0.344 e. The van der Waals surface area contributed by atoms with E-state index >= 15 is 0 Å². The van der Waals surface area contributed by atoms with Crippen LogP contribution >= 0.6 is 23.2 Å². The molecule has 1 N–H and O–H groups in total. The average molecular weight is 506 g/mol. The van der Waals surface area contributed by atoms with Gasteiger partial charge in [-0.25, -0.2) is 14.2 Å². The van der Waals surface area contributed by atoms with Crippen LogP contribution in [-0.2, 0) is 0 Å². The van der Waals surface area contributed by atoms with E-state index < -0.39 is 22.1 Å². The van der Waals surface area contributed by atoms with Crippen molar-refractivity contribution in [3.63, 3.8) is 0 Å². The highest BCUT2D eigenvalue weighted by Crippen LogP contribution is 2.45. The Balaban J connectivity index is 1.81. The zero-order valence-corrected chi connectivity index (χ0v) is 19.0. The smallest absolute Gasteiger partial charge is 0.344 e. The average Bonchev–Trinajstić information content (AvgIpc) is 2.80. The Morgan fingerprint density at radius 2 is 1.76 bits per heavy atom. The number of halogens is 3. The summed E-state index contributed by atoms with van der Waals surface area (Å²) in [6.45, 7) is 0. The molecule has 9 nitrogen and oxygen atoms in total. The quantitative estimate of drug-likeness (QED) is 0.251. The Morgan fingerprint density at radius 3 is 2.38 bits per heavy atom. The van der Waals surface area contributed by atoms with Crippen LogP contribution in [0.1, 0.15) is 0 Å². The molecule has 174 valence electrons. The van der Waals surface area contributed by atoms with Crippen LogP contribution in [0.15, 0.2) is 51.8 Å². The zero-order chi connectivity index (χ0) is 24.6. The first-order valence-corrected chi connectivity index (χ1v) is 10.2. The molecule has 4 rings (SSSR count). The van der Waals surface area contributed by atoms with Gasteiger partial charge in [-0.1, -0.05) is 23.2 Å². The number of anilines is 2. The second-order valence-corrected chi connectivity index (χ2v) is 7.64. The van der Waals surface area contributed by atoms with E-state index in [-0.39, 0.29) is 49.8 Å². The molecule has 12 heteroatoms. The standard InChI is InChI=1S/C22H14Cl2FN3O6/c1-32-16-7-17(33-2)21(24)19(20(16)23)12-5-10-9-26-18(8-15(10)34-22(12)29)27-13-4-3-11(25)6-14(13)28(30)31/h3-9H,1-2H3,(H,26,27). The van der Waals surface area contributed by atoms with Gasteiger partial charge in [-0.05, 0) is 18.2 Å². The summed E-state index contributed by atoms with van der Waals surface area (Å²) in [7, 11) is 2.82. The minimum absolute atomic E-state index is 0.0132. The molecule has 2 aromatic carbocycles. The highest BCUT2D eigenvalue weighted by Gasteiger charge is 2.22. The third-order valence-corrected chi connectivity index (χ3v) is 5.63. The number of nitrogens with zero attached hydrogens (tertiary/aromatic N) is 2. The van der Waals surface area contributed by atoms with Crippen LogP contribution < -0.4 is 20.4 Å². The first kappa shape index (κ1) is 23.3. The maximum atomic E-state index is 13.4. The van der Waals surface area contributed by atoms with E-state index in [0.29, 0.717) is 5.39 Å². The van der Waals surface area contributed by atoms with Crippen LogP contribution in [0.4, 0.5) is 21.6 Å². The first-order valence-electron chi connectivity index (χ1n) is 9.48. The predicted molar refractivity (Wildman–Crippen MR) is 125 cm³/mol. The molecule has 0 aliphatic heterocycles. The number of hydrogen-bond donors (Lipinski definition) is 1. The summed E-state index contributed by atoms with van der Waals surface area (Å²) in [5.74, 6) is -0.127. The predicted octanol–water partition coefficient (Wildman–Crippen LogP) is 5.97. The molecule has 0 spiro atoms. The topological polar surface area (TPSA) is 117 Å². The maximum absolute atomic E-state index is 13.4. The summed E-state index contributed by atoms with van der Waals surface area (Å²) >= 11 is 12.8. The first-order chi connectivity index (χ1) is 16.2. The number of nitro groups is 1. The lowest BCUT2D eigenvalue weighted by molar-refractivity contribution is -0.384. The highest BCUT2D eigenvalue weighted by molar-refractivity contribution is 6.41. The molecule has 0 fully saturated rings. The molecular weight excluding hydrogens is 492 g/mol. The number of nitro benzene ring substituents is 1. The van der Waals surface area contributed by atoms with E-state index in [1.165, 1.54) is 44.7 Å². The monoisotopic (exact) mass is 505 g/mol. The van der Waals surface area contributed by atoms with Gasteiger partial charge in [0.25, 0.3) is 5.69 Å². The molecule has 0 saturated heterocycles. The zero-order valence-electron chi connectivity index (χ0n) is 17.5. The van der Waals surface area contributed by atoms with Crippen molar-refractivity contribution in [2.45, 2.75) is 0 Å². The van der Waals surface area contributed by atoms with E-state index in [1.807, 2.05) is 0 Å². The molecule has 0 saturated carbocycles. The van der Waals surface area contributed by atoms with Gasteiger partial charge in [0.2, 0.25) is 0 Å². The van der Waals surface area contributed by atoms with Crippen LogP contribution in [-0.4, -0.2) is 24.1 Å². The van der Waals surface area contributed by atoms with Crippen LogP contribution in [0.3, 0.4) is 0 Å². The van der Waals surface area contributed by atoms with Crippen molar-refractivity contribution in [1.29, 1.82) is 0 Å². The van der Waals surface area contributed by atoms with Crippen LogP contribution in [0.5, 0.6) is 11.5 Å². The number of methoxy groups -OCH3 is 2. The lowest BCUT2D eigenvalue weighted by Crippen LogP contribution is -2.05. The van der Waals surface area contributed by atoms with Crippen molar-refractivity contribution in [3.05, 3.63) is 79.0 Å². The fraction of sp³-hybridized carbons (Fsp3) is 0.0909. The van der Waals surface area contributed by atoms with Crippen molar-refractivity contribution in [2.75, 3.05) is 19.5 Å². The van der Waals surface area contributed by atoms with Gasteiger partial charge >= 0.3 is 5.63 Å². The molecular formula is C22H14Cl2FN3O6. The lowest BCUT2D eigenvalue weighted by atomic mass is 10.1. The third kappa shape index (κ3) is 4.20. The molecule has 0 bridgehead atoms. The number of rotatable bonds is 6. The number of pyridine rings is 1. The van der Waals surface area contributed by atoms with E-state index in [0.717, 1.165) is 12.1 Å². The fourth-order valence-electron chi connectivity index (χ4n) is 3.28. The van der Waals surface area contributed by atoms with E-state index in [2.05, 4.69) is 10.3 Å². The van der Waals surface area contributed by atoms with E-state index in [4.69, 9.17) is 37.1 Å². The second-order valence-electron chi connectivity index (χ2n) is 6.88. The van der Waals surface area contributed by atoms with Gasteiger partial charge in [0, 0.05) is 29.3 Å². The summed E-state index contributed by atoms with van der Waals surface area (Å²) in [6.07, 6.45) is 1.39. The van der Waals surface area contributed by atoms with Crippen molar-refractivity contribution in [1.82, 2.24) is 4.98 Å². The summed E-state index contributed by atoms with van der Waals surface area (Å²) in [4.78, 5) is 27.5. The number of benzene rings is 2. The second kappa shape index (κ2) is 9.16. The SMILES string of the molecule is COc1cc(OC)c(Cl)c(-c2cc3cnc(Nc4ccc(F)cc4[N+](=O)[O-])cc3oc2=O)c1Cl. The molecule has 2 heterocycles. The number of fused-ring (bicyclic) bond motifs is 1. The van der Waals surface area contributed by atoms with Crippen molar-refractivity contribution < 1.29 is 23.2 Å². The summed E-state index contributed by atoms with van der Waals surface area (Å²) in [5.41, 5.74) is -0.862. The Bertz CT molecular complexity index is 1480. The van der Waals surface area contributed by atoms with Gasteiger partial charge in [0.1, 0.15) is 34.4 Å². The molecule has 0 radical (unpaired) electrons. The number of ether oxygens (including phenoxy) is 2. The molecule has 0 aliphatic carbocycles. The van der Waals surface area contributed by atoms with Crippen molar-refractivity contribution in [3.8, 4) is 22.6 Å². The molecule has 2 aromatic heterocycles. The molecule has 0 atom stereocenters. The number of nitrogens with one attached hydrogen (secondary N) is 1. The third-order valence-electron chi connectivity index (χ3n) is 4.88. The highest BCUT2D eigenvalue weighted by atomic mass is 35.5. The van der Waals surface area contributed by atoms with Crippen molar-refractivity contribution in [2.24, 2.45) is 0 Å². The normalized spacial score (nSPS) is 10.9. The molecule has 34 heavy (non-hydrogen) atoms. The van der Waals surface area contributed by atoms with E-state index in [9.17, 15) is 19.3 Å². The Morgan fingerprint density at radius 1 is 1.09 bits per heavy atom. The van der Waals surface area contributed by atoms with Crippen LogP contribution in [0, 0.1) is 15.9 Å². The lowest BCUT2D eigenvalue weighted by Gasteiger charge is -2.14. The number of hydrogen-bond acceptors (Lipinski definition) is 8. The van der Waals surface area contributed by atoms with Gasteiger partial charge in [-0.2, -0.15) is 0 Å². The van der Waals surface area contributed by atoms with Gasteiger partial charge in [-0.15, -0.1) is 0 Å². The molecule has 0 amide bonds. The summed E-state index contributed by atoms with van der Waals surface area (Å²) in [5, 5.41) is 14.6. The molecule has 0 aliphatic rings. The summed E-state index contributed by atoms with van der Waals surface area (Å²) in [6, 6.07) is 7.42. The minimum atomic E-state index is -0.756. The Hall–Kier alpha value is -3.89. The fourth-order valence-corrected chi connectivity index (χ4v) is 3.98. The number of aromatic nitrogens is 1. The van der Waals surface area contributed by atoms with Gasteiger partial charge in [0.15, 0.2) is 0 Å². The summed E-state index contributed by atoms with van der Waals surface area (Å²) < 4.78 is 29.3. The molecule has 0 unspecified atom stereocenters. The minimum Gasteiger partial charge on any atom is -0.495 e. The largest absolute Gasteiger partial charge is 0.495 e. The van der Waals surface area contributed by atoms with Gasteiger partial charge < -0.3 is 19.2 Å². The van der Waals surface area contributed by atoms with E-state index in [1.54, 1.807) is 0 Å².